The maximum absolute atomic E-state index is 6.26. The third-order valence-corrected chi connectivity index (χ3v) is 5.33. The quantitative estimate of drug-likeness (QED) is 0.477. The van der Waals surface area contributed by atoms with E-state index in [4.69, 9.17) is 4.42 Å². The lowest BCUT2D eigenvalue weighted by molar-refractivity contribution is -0.660. The van der Waals surface area contributed by atoms with Gasteiger partial charge in [0.25, 0.3) is 0 Å². The summed E-state index contributed by atoms with van der Waals surface area (Å²) in [5, 5.41) is 2.21. The Labute approximate surface area is 154 Å². The summed E-state index contributed by atoms with van der Waals surface area (Å²) >= 11 is 0. The molecule has 0 spiro atoms. The van der Waals surface area contributed by atoms with E-state index >= 15 is 0 Å². The average Bonchev–Trinajstić information content (AvgIpc) is 2.99. The van der Waals surface area contributed by atoms with Crippen molar-refractivity contribution in [3.8, 4) is 11.3 Å². The molecule has 3 aromatic heterocycles. The number of aryl methyl sites for hydroxylation is 5. The van der Waals surface area contributed by atoms with Crippen LogP contribution in [0.25, 0.3) is 33.3 Å². The number of furan rings is 1. The summed E-state index contributed by atoms with van der Waals surface area (Å²) in [5.41, 5.74) is 9.01. The summed E-state index contributed by atoms with van der Waals surface area (Å²) in [7, 11) is 2.12. The second kappa shape index (κ2) is 6.24. The molecule has 0 unspecified atom stereocenters. The molecule has 26 heavy (non-hydrogen) atoms. The summed E-state index contributed by atoms with van der Waals surface area (Å²) in [4.78, 5) is 4.59. The second-order valence-corrected chi connectivity index (χ2v) is 7.07. The zero-order valence-corrected chi connectivity index (χ0v) is 16.2. The van der Waals surface area contributed by atoms with Crippen LogP contribution >= 0.6 is 0 Å². The van der Waals surface area contributed by atoms with Gasteiger partial charge in [-0.05, 0) is 49.9 Å². The van der Waals surface area contributed by atoms with Crippen molar-refractivity contribution in [2.75, 3.05) is 0 Å². The highest BCUT2D eigenvalue weighted by Crippen LogP contribution is 2.36. The summed E-state index contributed by atoms with van der Waals surface area (Å²) in [5.74, 6) is 0. The molecule has 0 aliphatic rings. The largest absolute Gasteiger partial charge is 0.437 e. The monoisotopic (exact) mass is 345 g/mol. The van der Waals surface area contributed by atoms with Crippen LogP contribution in [0.15, 0.2) is 40.9 Å². The number of pyridine rings is 2. The van der Waals surface area contributed by atoms with Crippen LogP contribution in [-0.4, -0.2) is 4.98 Å². The van der Waals surface area contributed by atoms with Gasteiger partial charge in [-0.1, -0.05) is 26.0 Å². The number of aromatic nitrogens is 2. The summed E-state index contributed by atoms with van der Waals surface area (Å²) in [6.45, 7) is 8.59. The molecule has 4 rings (SSSR count). The Morgan fingerprint density at radius 2 is 1.69 bits per heavy atom. The topological polar surface area (TPSA) is 29.9 Å². The van der Waals surface area contributed by atoms with E-state index in [1.54, 1.807) is 0 Å². The molecule has 1 aromatic carbocycles. The van der Waals surface area contributed by atoms with Crippen LogP contribution in [0.5, 0.6) is 0 Å². The zero-order valence-electron chi connectivity index (χ0n) is 16.2. The molecule has 3 heteroatoms. The Balaban J connectivity index is 2.08. The first kappa shape index (κ1) is 16.8. The van der Waals surface area contributed by atoms with Crippen LogP contribution in [0.3, 0.4) is 0 Å². The van der Waals surface area contributed by atoms with Crippen molar-refractivity contribution in [1.29, 1.82) is 0 Å². The molecule has 3 nitrogen and oxygen atoms in total. The minimum Gasteiger partial charge on any atom is -0.437 e. The molecular weight excluding hydrogens is 320 g/mol. The van der Waals surface area contributed by atoms with Crippen molar-refractivity contribution in [2.24, 2.45) is 7.05 Å². The highest BCUT2D eigenvalue weighted by Gasteiger charge is 2.22. The van der Waals surface area contributed by atoms with Crippen molar-refractivity contribution in [3.05, 3.63) is 58.9 Å². The van der Waals surface area contributed by atoms with Crippen molar-refractivity contribution in [1.82, 2.24) is 4.98 Å². The van der Waals surface area contributed by atoms with Gasteiger partial charge >= 0.3 is 0 Å². The number of nitrogens with zero attached hydrogens (tertiary/aromatic N) is 2. The third kappa shape index (κ3) is 2.50. The molecule has 0 bridgehead atoms. The highest BCUT2D eigenvalue weighted by atomic mass is 16.3. The molecular formula is C23H25N2O+. The van der Waals surface area contributed by atoms with Gasteiger partial charge in [-0.15, -0.1) is 0 Å². The molecule has 132 valence electrons. The van der Waals surface area contributed by atoms with E-state index in [-0.39, 0.29) is 0 Å². The first-order chi connectivity index (χ1) is 12.5. The summed E-state index contributed by atoms with van der Waals surface area (Å²) < 4.78 is 8.49. The molecule has 0 aliphatic carbocycles. The minimum absolute atomic E-state index is 0.718. The molecule has 4 aromatic rings. The van der Waals surface area contributed by atoms with Crippen LogP contribution in [0.1, 0.15) is 36.2 Å². The molecule has 0 fully saturated rings. The van der Waals surface area contributed by atoms with E-state index in [1.807, 2.05) is 13.0 Å². The van der Waals surface area contributed by atoms with Crippen molar-refractivity contribution >= 4 is 22.1 Å². The first-order valence-corrected chi connectivity index (χ1v) is 9.34. The molecule has 0 atom stereocenters. The van der Waals surface area contributed by atoms with E-state index in [1.165, 1.54) is 22.4 Å². The molecule has 0 radical (unpaired) electrons. The summed E-state index contributed by atoms with van der Waals surface area (Å²) in [6.07, 6.45) is 4.35. The van der Waals surface area contributed by atoms with E-state index in [0.717, 1.165) is 46.2 Å². The number of fused-ring (bicyclic) bond motifs is 3. The minimum atomic E-state index is 0.718. The molecule has 0 amide bonds. The van der Waals surface area contributed by atoms with Gasteiger partial charge in [0, 0.05) is 28.1 Å². The lowest BCUT2D eigenvalue weighted by Gasteiger charge is -2.10. The van der Waals surface area contributed by atoms with E-state index in [9.17, 15) is 0 Å². The van der Waals surface area contributed by atoms with Crippen LogP contribution < -0.4 is 4.57 Å². The van der Waals surface area contributed by atoms with Crippen molar-refractivity contribution in [3.63, 3.8) is 0 Å². The van der Waals surface area contributed by atoms with Crippen LogP contribution in [0.2, 0.25) is 0 Å². The van der Waals surface area contributed by atoms with Gasteiger partial charge in [0.1, 0.15) is 7.05 Å². The van der Waals surface area contributed by atoms with Gasteiger partial charge in [0.2, 0.25) is 11.4 Å². The standard InChI is InChI=1S/C23H25N2O/c1-6-16-12-20(25(5)13-17(16)7-2)21-14(3)8-10-18-19-11-9-15(4)24-23(19)26-22(18)21/h8-13H,6-7H2,1-5H3/q+1. The Morgan fingerprint density at radius 3 is 2.42 bits per heavy atom. The number of benzene rings is 1. The summed E-state index contributed by atoms with van der Waals surface area (Å²) in [6, 6.07) is 10.8. The normalized spacial score (nSPS) is 11.6. The van der Waals surface area contributed by atoms with E-state index in [2.05, 4.69) is 67.8 Å². The Morgan fingerprint density at radius 1 is 0.962 bits per heavy atom. The molecule has 0 aliphatic heterocycles. The predicted octanol–water partition coefficient (Wildman–Crippen LogP) is 5.21. The smallest absolute Gasteiger partial charge is 0.227 e. The first-order valence-electron chi connectivity index (χ1n) is 9.34. The molecule has 0 N–H and O–H groups in total. The third-order valence-electron chi connectivity index (χ3n) is 5.33. The SMILES string of the molecule is CCc1cc(-c2c(C)ccc3c2oc2nc(C)ccc23)[n+](C)cc1CC. The Hall–Kier alpha value is -2.68. The molecule has 0 saturated heterocycles. The number of rotatable bonds is 3. The van der Waals surface area contributed by atoms with Crippen LogP contribution in [-0.2, 0) is 19.9 Å². The Kier molecular flexibility index (Phi) is 4.03. The zero-order chi connectivity index (χ0) is 18.4. The average molecular weight is 345 g/mol. The Bertz CT molecular complexity index is 1140. The predicted molar refractivity (Wildman–Crippen MR) is 106 cm³/mol. The number of hydrogen-bond acceptors (Lipinski definition) is 2. The maximum Gasteiger partial charge on any atom is 0.227 e. The van der Waals surface area contributed by atoms with Crippen LogP contribution in [0.4, 0.5) is 0 Å². The molecule has 3 heterocycles. The molecule has 0 saturated carbocycles. The fraction of sp³-hybridized carbons (Fsp3) is 0.304. The van der Waals surface area contributed by atoms with Crippen molar-refractivity contribution in [2.45, 2.75) is 40.5 Å². The lowest BCUT2D eigenvalue weighted by Crippen LogP contribution is -2.32. The number of hydrogen-bond donors (Lipinski definition) is 0. The van der Waals surface area contributed by atoms with Gasteiger partial charge in [0.15, 0.2) is 11.8 Å². The highest BCUT2D eigenvalue weighted by molar-refractivity contribution is 6.08. The van der Waals surface area contributed by atoms with Crippen molar-refractivity contribution < 1.29 is 8.98 Å². The van der Waals surface area contributed by atoms with Gasteiger partial charge in [-0.2, -0.15) is 0 Å². The van der Waals surface area contributed by atoms with Gasteiger partial charge in [-0.25, -0.2) is 9.55 Å². The van der Waals surface area contributed by atoms with Crippen LogP contribution in [0, 0.1) is 13.8 Å². The van der Waals surface area contributed by atoms with Gasteiger partial charge in [-0.3, -0.25) is 0 Å². The fourth-order valence-corrected chi connectivity index (χ4v) is 3.87. The van der Waals surface area contributed by atoms with Gasteiger partial charge in [0.05, 0.1) is 5.56 Å². The van der Waals surface area contributed by atoms with E-state index < -0.39 is 0 Å². The second-order valence-electron chi connectivity index (χ2n) is 7.07. The van der Waals surface area contributed by atoms with Gasteiger partial charge < -0.3 is 4.42 Å². The van der Waals surface area contributed by atoms with E-state index in [0.29, 0.717) is 0 Å². The maximum atomic E-state index is 6.26. The lowest BCUT2D eigenvalue weighted by atomic mass is 9.97. The fourth-order valence-electron chi connectivity index (χ4n) is 3.87.